The summed E-state index contributed by atoms with van der Waals surface area (Å²) < 4.78 is 10.9. The lowest BCUT2D eigenvalue weighted by atomic mass is 10.2. The van der Waals surface area contributed by atoms with Crippen molar-refractivity contribution in [1.82, 2.24) is 10.4 Å². The Labute approximate surface area is 135 Å². The SMILES string of the molecule is CCOc1ccccc1OCC(=O)N/N=C(/C)c1cccnc1. The van der Waals surface area contributed by atoms with Crippen molar-refractivity contribution < 1.29 is 14.3 Å². The normalized spacial score (nSPS) is 11.0. The molecule has 0 radical (unpaired) electrons. The summed E-state index contributed by atoms with van der Waals surface area (Å²) in [7, 11) is 0. The van der Waals surface area contributed by atoms with Crippen LogP contribution in [0, 0.1) is 0 Å². The first kappa shape index (κ1) is 16.5. The first-order chi connectivity index (χ1) is 11.2. The molecule has 120 valence electrons. The van der Waals surface area contributed by atoms with E-state index < -0.39 is 0 Å². The van der Waals surface area contributed by atoms with Gasteiger partial charge in [-0.25, -0.2) is 5.43 Å². The van der Waals surface area contributed by atoms with E-state index >= 15 is 0 Å². The van der Waals surface area contributed by atoms with Gasteiger partial charge < -0.3 is 9.47 Å². The molecule has 0 saturated heterocycles. The lowest BCUT2D eigenvalue weighted by molar-refractivity contribution is -0.123. The lowest BCUT2D eigenvalue weighted by Crippen LogP contribution is -2.25. The molecule has 2 aromatic rings. The van der Waals surface area contributed by atoms with Crippen LogP contribution >= 0.6 is 0 Å². The van der Waals surface area contributed by atoms with E-state index in [1.54, 1.807) is 31.5 Å². The van der Waals surface area contributed by atoms with Crippen LogP contribution < -0.4 is 14.9 Å². The van der Waals surface area contributed by atoms with Crippen LogP contribution in [0.4, 0.5) is 0 Å². The molecule has 1 amide bonds. The zero-order valence-corrected chi connectivity index (χ0v) is 13.2. The number of aromatic nitrogens is 1. The predicted octanol–water partition coefficient (Wildman–Crippen LogP) is 2.40. The van der Waals surface area contributed by atoms with Gasteiger partial charge in [-0.15, -0.1) is 0 Å². The number of ether oxygens (including phenoxy) is 2. The first-order valence-corrected chi connectivity index (χ1v) is 7.29. The maximum absolute atomic E-state index is 11.8. The monoisotopic (exact) mass is 313 g/mol. The van der Waals surface area contributed by atoms with Crippen LogP contribution in [0.3, 0.4) is 0 Å². The van der Waals surface area contributed by atoms with Gasteiger partial charge in [0.25, 0.3) is 5.91 Å². The summed E-state index contributed by atoms with van der Waals surface area (Å²) in [5, 5.41) is 4.03. The van der Waals surface area contributed by atoms with Crippen molar-refractivity contribution in [2.75, 3.05) is 13.2 Å². The molecule has 1 aromatic heterocycles. The number of pyridine rings is 1. The fourth-order valence-electron chi connectivity index (χ4n) is 1.81. The molecule has 0 unspecified atom stereocenters. The van der Waals surface area contributed by atoms with Crippen molar-refractivity contribution in [3.8, 4) is 11.5 Å². The molecular weight excluding hydrogens is 294 g/mol. The molecule has 23 heavy (non-hydrogen) atoms. The Kier molecular flexibility index (Phi) is 6.11. The lowest BCUT2D eigenvalue weighted by Gasteiger charge is -2.10. The van der Waals surface area contributed by atoms with E-state index in [9.17, 15) is 4.79 Å². The van der Waals surface area contributed by atoms with Crippen LogP contribution in [0.2, 0.25) is 0 Å². The smallest absolute Gasteiger partial charge is 0.277 e. The summed E-state index contributed by atoms with van der Waals surface area (Å²) in [5.41, 5.74) is 3.97. The molecule has 6 heteroatoms. The molecule has 0 spiro atoms. The summed E-state index contributed by atoms with van der Waals surface area (Å²) >= 11 is 0. The number of hydrogen-bond acceptors (Lipinski definition) is 5. The van der Waals surface area contributed by atoms with Gasteiger partial charge in [0.05, 0.1) is 12.3 Å². The minimum atomic E-state index is -0.348. The zero-order chi connectivity index (χ0) is 16.5. The molecule has 1 heterocycles. The number of nitrogens with zero attached hydrogens (tertiary/aromatic N) is 2. The van der Waals surface area contributed by atoms with Gasteiger partial charge in [0.1, 0.15) is 0 Å². The van der Waals surface area contributed by atoms with Crippen molar-refractivity contribution >= 4 is 11.6 Å². The molecule has 0 fully saturated rings. The summed E-state index contributed by atoms with van der Waals surface area (Å²) in [4.78, 5) is 15.8. The molecular formula is C17H19N3O3. The first-order valence-electron chi connectivity index (χ1n) is 7.29. The quantitative estimate of drug-likeness (QED) is 0.629. The zero-order valence-electron chi connectivity index (χ0n) is 13.2. The topological polar surface area (TPSA) is 72.8 Å². The number of hydrogen-bond donors (Lipinski definition) is 1. The Morgan fingerprint density at radius 2 is 1.91 bits per heavy atom. The highest BCUT2D eigenvalue weighted by atomic mass is 16.5. The van der Waals surface area contributed by atoms with E-state index in [0.717, 1.165) is 5.56 Å². The van der Waals surface area contributed by atoms with Crippen LogP contribution in [0.15, 0.2) is 53.9 Å². The molecule has 0 aliphatic rings. The van der Waals surface area contributed by atoms with E-state index in [2.05, 4.69) is 15.5 Å². The molecule has 0 atom stereocenters. The van der Waals surface area contributed by atoms with Crippen LogP contribution in [-0.4, -0.2) is 29.8 Å². The molecule has 0 bridgehead atoms. The van der Waals surface area contributed by atoms with E-state index in [1.165, 1.54) is 0 Å². The minimum absolute atomic E-state index is 0.145. The third-order valence-electron chi connectivity index (χ3n) is 2.94. The van der Waals surface area contributed by atoms with Gasteiger partial charge in [-0.05, 0) is 32.0 Å². The van der Waals surface area contributed by atoms with Gasteiger partial charge in [-0.2, -0.15) is 5.10 Å². The highest BCUT2D eigenvalue weighted by Gasteiger charge is 2.07. The highest BCUT2D eigenvalue weighted by molar-refractivity contribution is 5.98. The number of hydrazone groups is 1. The molecule has 1 N–H and O–H groups in total. The second kappa shape index (κ2) is 8.53. The van der Waals surface area contributed by atoms with Crippen molar-refractivity contribution in [2.24, 2.45) is 5.10 Å². The molecule has 0 aliphatic heterocycles. The number of para-hydroxylation sites is 2. The maximum Gasteiger partial charge on any atom is 0.277 e. The van der Waals surface area contributed by atoms with Crippen LogP contribution in [-0.2, 0) is 4.79 Å². The van der Waals surface area contributed by atoms with Gasteiger partial charge >= 0.3 is 0 Å². The number of carbonyl (C=O) groups is 1. The largest absolute Gasteiger partial charge is 0.490 e. The predicted molar refractivity (Wildman–Crippen MR) is 87.7 cm³/mol. The van der Waals surface area contributed by atoms with E-state index in [0.29, 0.717) is 23.8 Å². The second-order valence-corrected chi connectivity index (χ2v) is 4.64. The summed E-state index contributed by atoms with van der Waals surface area (Å²) in [6.45, 7) is 4.07. The van der Waals surface area contributed by atoms with Gasteiger partial charge in [0.15, 0.2) is 18.1 Å². The van der Waals surface area contributed by atoms with E-state index in [1.807, 2.05) is 31.2 Å². The molecule has 6 nitrogen and oxygen atoms in total. The Bertz CT molecular complexity index is 672. The molecule has 0 saturated carbocycles. The molecule has 1 aromatic carbocycles. The number of nitrogens with one attached hydrogen (secondary N) is 1. The second-order valence-electron chi connectivity index (χ2n) is 4.64. The maximum atomic E-state index is 11.8. The Hall–Kier alpha value is -2.89. The standard InChI is InChI=1S/C17H19N3O3/c1-3-22-15-8-4-5-9-16(15)23-12-17(21)20-19-13(2)14-7-6-10-18-11-14/h4-11H,3,12H2,1-2H3,(H,20,21)/b19-13-. The number of rotatable bonds is 7. The fraction of sp³-hybridized carbons (Fsp3) is 0.235. The van der Waals surface area contributed by atoms with Gasteiger partial charge in [0.2, 0.25) is 0 Å². The van der Waals surface area contributed by atoms with Crippen molar-refractivity contribution in [3.05, 3.63) is 54.4 Å². The van der Waals surface area contributed by atoms with Gasteiger partial charge in [-0.3, -0.25) is 9.78 Å². The molecule has 0 aliphatic carbocycles. The summed E-state index contributed by atoms with van der Waals surface area (Å²) in [5.74, 6) is 0.787. The van der Waals surface area contributed by atoms with E-state index in [4.69, 9.17) is 9.47 Å². The van der Waals surface area contributed by atoms with Crippen LogP contribution in [0.1, 0.15) is 19.4 Å². The average molecular weight is 313 g/mol. The highest BCUT2D eigenvalue weighted by Crippen LogP contribution is 2.26. The fourth-order valence-corrected chi connectivity index (χ4v) is 1.81. The average Bonchev–Trinajstić information content (AvgIpc) is 2.60. The third-order valence-corrected chi connectivity index (χ3v) is 2.94. The molecule has 2 rings (SSSR count). The van der Waals surface area contributed by atoms with Crippen molar-refractivity contribution in [2.45, 2.75) is 13.8 Å². The number of amides is 1. The summed E-state index contributed by atoms with van der Waals surface area (Å²) in [6, 6.07) is 10.9. The Morgan fingerprint density at radius 1 is 1.17 bits per heavy atom. The van der Waals surface area contributed by atoms with Crippen LogP contribution in [0.5, 0.6) is 11.5 Å². The van der Waals surface area contributed by atoms with Gasteiger partial charge in [-0.1, -0.05) is 18.2 Å². The van der Waals surface area contributed by atoms with E-state index in [-0.39, 0.29) is 12.5 Å². The van der Waals surface area contributed by atoms with Crippen LogP contribution in [0.25, 0.3) is 0 Å². The third kappa shape index (κ3) is 5.10. The van der Waals surface area contributed by atoms with Gasteiger partial charge in [0, 0.05) is 18.0 Å². The summed E-state index contributed by atoms with van der Waals surface area (Å²) in [6.07, 6.45) is 3.36. The minimum Gasteiger partial charge on any atom is -0.490 e. The van der Waals surface area contributed by atoms with Crippen molar-refractivity contribution in [3.63, 3.8) is 0 Å². The number of carbonyl (C=O) groups excluding carboxylic acids is 1. The Balaban J connectivity index is 1.88. The Morgan fingerprint density at radius 3 is 2.57 bits per heavy atom. The number of benzene rings is 1. The van der Waals surface area contributed by atoms with Crippen molar-refractivity contribution in [1.29, 1.82) is 0 Å².